The first-order valence-corrected chi connectivity index (χ1v) is 9.63. The van der Waals surface area contributed by atoms with Gasteiger partial charge in [-0.2, -0.15) is 5.10 Å². The number of sulfonamides is 1. The fourth-order valence-corrected chi connectivity index (χ4v) is 4.53. The Morgan fingerprint density at radius 3 is 2.24 bits per heavy atom. The van der Waals surface area contributed by atoms with Gasteiger partial charge in [-0.3, -0.25) is 9.48 Å². The van der Waals surface area contributed by atoms with Crippen molar-refractivity contribution in [3.63, 3.8) is 0 Å². The summed E-state index contributed by atoms with van der Waals surface area (Å²) >= 11 is 0. The second kappa shape index (κ2) is 7.00. The summed E-state index contributed by atoms with van der Waals surface area (Å²) in [6.45, 7) is 9.13. The Kier molecular flexibility index (Phi) is 5.37. The molecule has 0 bridgehead atoms. The molecule has 25 heavy (non-hydrogen) atoms. The lowest BCUT2D eigenvalue weighted by atomic mass is 10.0. The van der Waals surface area contributed by atoms with Gasteiger partial charge in [0.05, 0.1) is 11.1 Å². The molecule has 0 saturated heterocycles. The van der Waals surface area contributed by atoms with Crippen molar-refractivity contribution in [1.82, 2.24) is 14.5 Å². The molecule has 0 aliphatic heterocycles. The standard InChI is InChI=1S/C18H25N3O3S/c1-11-7-12(2)15(5)18(14(11)4)25(23,24)20-17(22)8-13(3)16-9-19-21(6)10-16/h7,9-10,13H,8H2,1-6H3,(H,20,22). The van der Waals surface area contributed by atoms with Gasteiger partial charge < -0.3 is 0 Å². The molecular weight excluding hydrogens is 338 g/mol. The van der Waals surface area contributed by atoms with E-state index in [4.69, 9.17) is 0 Å². The molecule has 1 heterocycles. The summed E-state index contributed by atoms with van der Waals surface area (Å²) < 4.78 is 29.4. The van der Waals surface area contributed by atoms with Crippen LogP contribution in [0.25, 0.3) is 0 Å². The first-order chi connectivity index (χ1) is 11.5. The van der Waals surface area contributed by atoms with Crippen molar-refractivity contribution in [3.8, 4) is 0 Å². The van der Waals surface area contributed by atoms with Crippen LogP contribution in [0.4, 0.5) is 0 Å². The number of hydrogen-bond donors (Lipinski definition) is 1. The van der Waals surface area contributed by atoms with E-state index in [1.807, 2.05) is 33.0 Å². The summed E-state index contributed by atoms with van der Waals surface area (Å²) in [5, 5.41) is 4.08. The van der Waals surface area contributed by atoms with E-state index in [2.05, 4.69) is 9.82 Å². The van der Waals surface area contributed by atoms with Crippen molar-refractivity contribution in [3.05, 3.63) is 46.3 Å². The molecule has 0 aliphatic rings. The number of nitrogens with zero attached hydrogens (tertiary/aromatic N) is 2. The second-order valence-corrected chi connectivity index (χ2v) is 8.29. The third kappa shape index (κ3) is 4.10. The van der Waals surface area contributed by atoms with E-state index in [1.165, 1.54) is 0 Å². The number of aromatic nitrogens is 2. The zero-order valence-electron chi connectivity index (χ0n) is 15.5. The van der Waals surface area contributed by atoms with Crippen LogP contribution in [0, 0.1) is 27.7 Å². The Morgan fingerprint density at radius 2 is 1.76 bits per heavy atom. The van der Waals surface area contributed by atoms with Gasteiger partial charge in [0, 0.05) is 19.7 Å². The van der Waals surface area contributed by atoms with E-state index in [-0.39, 0.29) is 17.2 Å². The number of carbonyl (C=O) groups excluding carboxylic acids is 1. The van der Waals surface area contributed by atoms with Crippen molar-refractivity contribution < 1.29 is 13.2 Å². The highest BCUT2D eigenvalue weighted by Crippen LogP contribution is 2.26. The Bertz CT molecular complexity index is 888. The van der Waals surface area contributed by atoms with Crippen molar-refractivity contribution in [2.45, 2.75) is 51.9 Å². The van der Waals surface area contributed by atoms with Gasteiger partial charge in [-0.1, -0.05) is 13.0 Å². The molecule has 0 radical (unpaired) electrons. The number of rotatable bonds is 5. The molecule has 1 aromatic carbocycles. The van der Waals surface area contributed by atoms with Gasteiger partial charge in [-0.15, -0.1) is 0 Å². The van der Waals surface area contributed by atoms with Crippen molar-refractivity contribution in [2.24, 2.45) is 7.05 Å². The van der Waals surface area contributed by atoms with Crippen LogP contribution in [0.5, 0.6) is 0 Å². The first-order valence-electron chi connectivity index (χ1n) is 8.14. The average molecular weight is 363 g/mol. The highest BCUT2D eigenvalue weighted by atomic mass is 32.2. The van der Waals surface area contributed by atoms with E-state index < -0.39 is 15.9 Å². The average Bonchev–Trinajstić information content (AvgIpc) is 2.91. The molecular formula is C18H25N3O3S. The minimum absolute atomic E-state index is 0.0772. The number of nitrogens with one attached hydrogen (secondary N) is 1. The molecule has 7 heteroatoms. The fraction of sp³-hybridized carbons (Fsp3) is 0.444. The molecule has 6 nitrogen and oxygen atoms in total. The number of hydrogen-bond acceptors (Lipinski definition) is 4. The first kappa shape index (κ1) is 19.2. The summed E-state index contributed by atoms with van der Waals surface area (Å²) in [7, 11) is -2.11. The van der Waals surface area contributed by atoms with Crippen LogP contribution in [0.15, 0.2) is 23.4 Å². The van der Waals surface area contributed by atoms with Gasteiger partial charge >= 0.3 is 0 Å². The summed E-state index contributed by atoms with van der Waals surface area (Å²) in [5.41, 5.74) is 4.01. The molecule has 0 aliphatic carbocycles. The summed E-state index contributed by atoms with van der Waals surface area (Å²) in [6, 6.07) is 1.95. The predicted molar refractivity (Wildman–Crippen MR) is 97.0 cm³/mol. The third-order valence-electron chi connectivity index (χ3n) is 4.60. The van der Waals surface area contributed by atoms with E-state index in [0.717, 1.165) is 16.7 Å². The molecule has 0 saturated carbocycles. The lowest BCUT2D eigenvalue weighted by Crippen LogP contribution is -2.32. The fourth-order valence-electron chi connectivity index (χ4n) is 2.92. The van der Waals surface area contributed by atoms with Crippen LogP contribution in [0.2, 0.25) is 0 Å². The van der Waals surface area contributed by atoms with Crippen LogP contribution < -0.4 is 4.72 Å². The van der Waals surface area contributed by atoms with Gasteiger partial charge in [-0.05, 0) is 61.4 Å². The highest BCUT2D eigenvalue weighted by molar-refractivity contribution is 7.90. The summed E-state index contributed by atoms with van der Waals surface area (Å²) in [4.78, 5) is 12.5. The predicted octanol–water partition coefficient (Wildman–Crippen LogP) is 2.65. The lowest BCUT2D eigenvalue weighted by Gasteiger charge is -2.17. The van der Waals surface area contributed by atoms with Gasteiger partial charge in [0.15, 0.2) is 0 Å². The van der Waals surface area contributed by atoms with Crippen LogP contribution in [0.3, 0.4) is 0 Å². The quantitative estimate of drug-likeness (QED) is 0.885. The maximum Gasteiger partial charge on any atom is 0.264 e. The van der Waals surface area contributed by atoms with Gasteiger partial charge in [0.1, 0.15) is 0 Å². The van der Waals surface area contributed by atoms with Crippen LogP contribution >= 0.6 is 0 Å². The van der Waals surface area contributed by atoms with Crippen LogP contribution in [-0.2, 0) is 21.9 Å². The van der Waals surface area contributed by atoms with Crippen LogP contribution in [0.1, 0.15) is 47.1 Å². The molecule has 1 aromatic heterocycles. The zero-order chi connectivity index (χ0) is 18.9. The number of amides is 1. The molecule has 2 aromatic rings. The number of carbonyl (C=O) groups is 1. The molecule has 1 atom stereocenters. The van der Waals surface area contributed by atoms with E-state index >= 15 is 0 Å². The maximum absolute atomic E-state index is 12.8. The monoisotopic (exact) mass is 363 g/mol. The van der Waals surface area contributed by atoms with Crippen molar-refractivity contribution in [1.29, 1.82) is 0 Å². The third-order valence-corrected chi connectivity index (χ3v) is 6.25. The van der Waals surface area contributed by atoms with Gasteiger partial charge in [-0.25, -0.2) is 13.1 Å². The molecule has 0 spiro atoms. The van der Waals surface area contributed by atoms with Gasteiger partial charge in [0.2, 0.25) is 5.91 Å². The Hall–Kier alpha value is -2.15. The normalized spacial score (nSPS) is 12.9. The summed E-state index contributed by atoms with van der Waals surface area (Å²) in [6.07, 6.45) is 3.59. The molecule has 1 unspecified atom stereocenters. The Balaban J connectivity index is 2.23. The Labute approximate surface area is 149 Å². The second-order valence-electron chi connectivity index (χ2n) is 6.67. The maximum atomic E-state index is 12.8. The van der Waals surface area contributed by atoms with E-state index in [1.54, 1.807) is 31.8 Å². The minimum atomic E-state index is -3.91. The number of aryl methyl sites for hydroxylation is 3. The minimum Gasteiger partial charge on any atom is -0.276 e. The summed E-state index contributed by atoms with van der Waals surface area (Å²) in [5.74, 6) is -0.639. The number of benzene rings is 1. The smallest absolute Gasteiger partial charge is 0.264 e. The largest absolute Gasteiger partial charge is 0.276 e. The van der Waals surface area contributed by atoms with E-state index in [0.29, 0.717) is 11.1 Å². The zero-order valence-corrected chi connectivity index (χ0v) is 16.4. The van der Waals surface area contributed by atoms with Crippen molar-refractivity contribution >= 4 is 15.9 Å². The van der Waals surface area contributed by atoms with Gasteiger partial charge in [0.25, 0.3) is 10.0 Å². The van der Waals surface area contributed by atoms with Crippen LogP contribution in [-0.4, -0.2) is 24.1 Å². The van der Waals surface area contributed by atoms with E-state index in [9.17, 15) is 13.2 Å². The lowest BCUT2D eigenvalue weighted by molar-refractivity contribution is -0.119. The SMILES string of the molecule is Cc1cc(C)c(C)c(S(=O)(=O)NC(=O)CC(C)c2cnn(C)c2)c1C. The Morgan fingerprint density at radius 1 is 1.20 bits per heavy atom. The van der Waals surface area contributed by atoms with Crippen molar-refractivity contribution in [2.75, 3.05) is 0 Å². The molecule has 1 N–H and O–H groups in total. The molecule has 0 fully saturated rings. The highest BCUT2D eigenvalue weighted by Gasteiger charge is 2.25. The molecule has 1 amide bonds. The molecule has 2 rings (SSSR count). The topological polar surface area (TPSA) is 81.1 Å². The molecule has 136 valence electrons.